The van der Waals surface area contributed by atoms with Crippen LogP contribution in [0.1, 0.15) is 29.6 Å². The van der Waals surface area contributed by atoms with E-state index in [0.29, 0.717) is 42.3 Å². The van der Waals surface area contributed by atoms with Gasteiger partial charge < -0.3 is 19.5 Å². The number of unbranched alkanes of at least 4 members (excludes halogenated alkanes) is 1. The van der Waals surface area contributed by atoms with Gasteiger partial charge in [-0.05, 0) is 19.3 Å². The molecule has 1 rings (SSSR count). The number of hydrogen-bond acceptors (Lipinski definition) is 5. The number of carbonyl (C=O) groups excluding carboxylic acids is 1. The zero-order valence-corrected chi connectivity index (χ0v) is 15.0. The van der Waals surface area contributed by atoms with Crippen molar-refractivity contribution in [2.24, 2.45) is 0 Å². The van der Waals surface area contributed by atoms with Crippen LogP contribution in [0, 0.1) is 0 Å². The summed E-state index contributed by atoms with van der Waals surface area (Å²) in [4.78, 5) is 12.5. The number of allylic oxidation sites excluding steroid dienone is 2. The first-order chi connectivity index (χ1) is 12.2. The van der Waals surface area contributed by atoms with Gasteiger partial charge in [0.2, 0.25) is 0 Å². The first-order valence-electron chi connectivity index (χ1n) is 8.21. The second kappa shape index (κ2) is 11.8. The van der Waals surface area contributed by atoms with Crippen LogP contribution >= 0.6 is 0 Å². The van der Waals surface area contributed by atoms with E-state index < -0.39 is 5.97 Å². The zero-order chi connectivity index (χ0) is 18.5. The molecule has 0 saturated carbocycles. The zero-order valence-electron chi connectivity index (χ0n) is 15.0. The minimum Gasteiger partial charge on any atom is -0.497 e. The predicted octanol–water partition coefficient (Wildman–Crippen LogP) is 4.37. The number of methoxy groups -OCH3 is 2. The minimum atomic E-state index is -0.439. The number of rotatable bonds is 12. The molecular formula is C20H27NO4. The molecule has 25 heavy (non-hydrogen) atoms. The van der Waals surface area contributed by atoms with Gasteiger partial charge in [0, 0.05) is 18.7 Å². The lowest BCUT2D eigenvalue weighted by molar-refractivity contribution is 0.0509. The van der Waals surface area contributed by atoms with E-state index in [1.165, 1.54) is 7.11 Å². The summed E-state index contributed by atoms with van der Waals surface area (Å²) in [7, 11) is 3.06. The quantitative estimate of drug-likeness (QED) is 0.346. The van der Waals surface area contributed by atoms with Crippen molar-refractivity contribution in [3.05, 3.63) is 55.2 Å². The molecular weight excluding hydrogens is 318 g/mol. The molecule has 0 saturated heterocycles. The summed E-state index contributed by atoms with van der Waals surface area (Å²) in [6.45, 7) is 8.15. The molecule has 1 N–H and O–H groups in total. The second-order valence-electron chi connectivity index (χ2n) is 5.18. The Morgan fingerprint density at radius 2 is 1.84 bits per heavy atom. The molecule has 1 aromatic rings. The fraction of sp³-hybridized carbons (Fsp3) is 0.350. The summed E-state index contributed by atoms with van der Waals surface area (Å²) in [5, 5.41) is 3.12. The van der Waals surface area contributed by atoms with Crippen molar-refractivity contribution >= 4 is 11.7 Å². The van der Waals surface area contributed by atoms with Crippen molar-refractivity contribution in [3.63, 3.8) is 0 Å². The summed E-state index contributed by atoms with van der Waals surface area (Å²) < 4.78 is 15.9. The number of hydrogen-bond donors (Lipinski definition) is 1. The maximum atomic E-state index is 12.5. The van der Waals surface area contributed by atoms with E-state index in [1.807, 2.05) is 12.2 Å². The number of ether oxygens (including phenoxy) is 3. The molecule has 0 fully saturated rings. The maximum absolute atomic E-state index is 12.5. The molecule has 0 spiro atoms. The highest BCUT2D eigenvalue weighted by Gasteiger charge is 2.20. The lowest BCUT2D eigenvalue weighted by Gasteiger charge is -2.15. The Morgan fingerprint density at radius 3 is 2.48 bits per heavy atom. The Hall–Kier alpha value is -2.69. The van der Waals surface area contributed by atoms with Crippen LogP contribution in [0.25, 0.3) is 0 Å². The van der Waals surface area contributed by atoms with Gasteiger partial charge in [-0.25, -0.2) is 4.79 Å². The number of esters is 1. The van der Waals surface area contributed by atoms with Gasteiger partial charge in [-0.1, -0.05) is 24.3 Å². The molecule has 1 aromatic carbocycles. The van der Waals surface area contributed by atoms with Crippen LogP contribution in [0.3, 0.4) is 0 Å². The van der Waals surface area contributed by atoms with Crippen LogP contribution < -0.4 is 14.8 Å². The van der Waals surface area contributed by atoms with E-state index in [0.717, 1.165) is 12.8 Å². The summed E-state index contributed by atoms with van der Waals surface area (Å²) in [6, 6.07) is 3.39. The largest absolute Gasteiger partial charge is 0.497 e. The van der Waals surface area contributed by atoms with Crippen LogP contribution in [-0.4, -0.2) is 33.3 Å². The first kappa shape index (κ1) is 20.4. The molecule has 0 atom stereocenters. The van der Waals surface area contributed by atoms with Gasteiger partial charge in [-0.15, -0.1) is 13.2 Å². The summed E-state index contributed by atoms with van der Waals surface area (Å²) in [5.74, 6) is 0.549. The van der Waals surface area contributed by atoms with E-state index in [4.69, 9.17) is 14.2 Å². The molecule has 5 nitrogen and oxygen atoms in total. The average molecular weight is 345 g/mol. The molecule has 0 aliphatic carbocycles. The maximum Gasteiger partial charge on any atom is 0.344 e. The highest BCUT2D eigenvalue weighted by Crippen LogP contribution is 2.33. The summed E-state index contributed by atoms with van der Waals surface area (Å²) >= 11 is 0. The molecule has 0 aliphatic heterocycles. The lowest BCUT2D eigenvalue weighted by Crippen LogP contribution is -2.12. The number of nitrogens with one attached hydrogen (secondary N) is 1. The Balaban J connectivity index is 2.82. The third-order valence-electron chi connectivity index (χ3n) is 3.39. The second-order valence-corrected chi connectivity index (χ2v) is 5.18. The molecule has 0 heterocycles. The third kappa shape index (κ3) is 6.75. The predicted molar refractivity (Wildman–Crippen MR) is 102 cm³/mol. The highest BCUT2D eigenvalue weighted by atomic mass is 16.5. The van der Waals surface area contributed by atoms with Crippen molar-refractivity contribution in [2.45, 2.75) is 19.3 Å². The normalized spacial score (nSPS) is 10.3. The highest BCUT2D eigenvalue weighted by molar-refractivity contribution is 5.99. The van der Waals surface area contributed by atoms with Gasteiger partial charge >= 0.3 is 5.97 Å². The Morgan fingerprint density at radius 1 is 1.08 bits per heavy atom. The Labute approximate surface area is 150 Å². The van der Waals surface area contributed by atoms with Crippen LogP contribution in [-0.2, 0) is 4.74 Å². The molecule has 0 amide bonds. The van der Waals surface area contributed by atoms with Crippen molar-refractivity contribution in [1.82, 2.24) is 0 Å². The SMILES string of the molecule is C=CCC/C=C/CCOC(=O)c1c(NCC=C)cc(OC)cc1OC. The number of anilines is 1. The van der Waals surface area contributed by atoms with Gasteiger partial charge in [-0.3, -0.25) is 0 Å². The van der Waals surface area contributed by atoms with Crippen LogP contribution in [0.4, 0.5) is 5.69 Å². The molecule has 0 aliphatic rings. The number of carbonyl (C=O) groups is 1. The van der Waals surface area contributed by atoms with E-state index in [2.05, 4.69) is 24.6 Å². The average Bonchev–Trinajstić information content (AvgIpc) is 2.64. The van der Waals surface area contributed by atoms with Crippen LogP contribution in [0.5, 0.6) is 11.5 Å². The van der Waals surface area contributed by atoms with Gasteiger partial charge in [0.1, 0.15) is 17.1 Å². The molecule has 0 unspecified atom stereocenters. The summed E-state index contributed by atoms with van der Waals surface area (Å²) in [5.41, 5.74) is 0.934. The molecule has 0 bridgehead atoms. The van der Waals surface area contributed by atoms with E-state index in [-0.39, 0.29) is 0 Å². The first-order valence-corrected chi connectivity index (χ1v) is 8.21. The smallest absolute Gasteiger partial charge is 0.344 e. The van der Waals surface area contributed by atoms with Crippen molar-refractivity contribution in [1.29, 1.82) is 0 Å². The van der Waals surface area contributed by atoms with Crippen molar-refractivity contribution in [3.8, 4) is 11.5 Å². The third-order valence-corrected chi connectivity index (χ3v) is 3.39. The molecule has 5 heteroatoms. The van der Waals surface area contributed by atoms with Gasteiger partial charge in [0.25, 0.3) is 0 Å². The Bertz CT molecular complexity index is 608. The fourth-order valence-electron chi connectivity index (χ4n) is 2.14. The van der Waals surface area contributed by atoms with E-state index in [9.17, 15) is 4.79 Å². The lowest BCUT2D eigenvalue weighted by atomic mass is 10.1. The van der Waals surface area contributed by atoms with E-state index in [1.54, 1.807) is 25.3 Å². The molecule has 0 radical (unpaired) electrons. The van der Waals surface area contributed by atoms with E-state index >= 15 is 0 Å². The summed E-state index contributed by atoms with van der Waals surface area (Å²) in [6.07, 6.45) is 10.2. The molecule has 136 valence electrons. The van der Waals surface area contributed by atoms with Gasteiger partial charge in [0.15, 0.2) is 0 Å². The monoisotopic (exact) mass is 345 g/mol. The minimum absolute atomic E-state index is 0.305. The van der Waals surface area contributed by atoms with Gasteiger partial charge in [0.05, 0.1) is 26.5 Å². The topological polar surface area (TPSA) is 56.8 Å². The van der Waals surface area contributed by atoms with Gasteiger partial charge in [-0.2, -0.15) is 0 Å². The van der Waals surface area contributed by atoms with Crippen molar-refractivity contribution < 1.29 is 19.0 Å². The van der Waals surface area contributed by atoms with Crippen LogP contribution in [0.2, 0.25) is 0 Å². The standard InChI is InChI=1S/C20H27NO4/c1-5-7-8-9-10-11-13-25-20(22)19-17(21-12-6-2)14-16(23-3)15-18(19)24-4/h5-6,9-10,14-15,21H,1-2,7-8,11-13H2,3-4H3/b10-9+. The van der Waals surface area contributed by atoms with Crippen molar-refractivity contribution in [2.75, 3.05) is 32.7 Å². The van der Waals surface area contributed by atoms with Crippen LogP contribution in [0.15, 0.2) is 49.6 Å². The fourth-order valence-corrected chi connectivity index (χ4v) is 2.14. The number of benzene rings is 1. The molecule has 0 aromatic heterocycles. The Kier molecular flexibility index (Phi) is 9.60.